The molecule has 0 atom stereocenters. The lowest BCUT2D eigenvalue weighted by Crippen LogP contribution is -2.34. The predicted octanol–water partition coefficient (Wildman–Crippen LogP) is 1.45. The number of amides is 1. The summed E-state index contributed by atoms with van der Waals surface area (Å²) < 4.78 is 4.86. The summed E-state index contributed by atoms with van der Waals surface area (Å²) >= 11 is 0. The van der Waals surface area contributed by atoms with Gasteiger partial charge in [-0.05, 0) is 19.8 Å². The molecule has 0 aromatic carbocycles. The van der Waals surface area contributed by atoms with Gasteiger partial charge in [0.1, 0.15) is 5.76 Å². The summed E-state index contributed by atoms with van der Waals surface area (Å²) in [5.74, 6) is 1.11. The zero-order valence-electron chi connectivity index (χ0n) is 9.45. The van der Waals surface area contributed by atoms with Gasteiger partial charge in [0.25, 0.3) is 0 Å². The van der Waals surface area contributed by atoms with Crippen LogP contribution in [0, 0.1) is 6.92 Å². The Labute approximate surface area is 94.6 Å². The molecule has 0 spiro atoms. The number of hydrogen-bond acceptors (Lipinski definition) is 4. The second-order valence-corrected chi connectivity index (χ2v) is 4.23. The fourth-order valence-electron chi connectivity index (χ4n) is 1.98. The molecule has 1 amide bonds. The second kappa shape index (κ2) is 5.12. The van der Waals surface area contributed by atoms with Crippen molar-refractivity contribution in [1.29, 1.82) is 0 Å². The number of aryl methyl sites for hydroxylation is 1. The van der Waals surface area contributed by atoms with Gasteiger partial charge in [-0.15, -0.1) is 0 Å². The Bertz CT molecular complexity index is 356. The van der Waals surface area contributed by atoms with Crippen molar-refractivity contribution in [3.63, 3.8) is 0 Å². The molecule has 88 valence electrons. The number of hydrogen-bond donors (Lipinski definition) is 2. The van der Waals surface area contributed by atoms with E-state index < -0.39 is 0 Å². The first-order chi connectivity index (χ1) is 7.74. The molecule has 2 rings (SSSR count). The summed E-state index contributed by atoms with van der Waals surface area (Å²) in [5.41, 5.74) is 0. The Hall–Kier alpha value is -1.36. The molecule has 1 aromatic rings. The van der Waals surface area contributed by atoms with Gasteiger partial charge in [-0.1, -0.05) is 18.0 Å². The van der Waals surface area contributed by atoms with Gasteiger partial charge in [0.05, 0.1) is 6.54 Å². The minimum atomic E-state index is -0.0693. The summed E-state index contributed by atoms with van der Waals surface area (Å²) in [6.45, 7) is 2.13. The van der Waals surface area contributed by atoms with Gasteiger partial charge in [0.2, 0.25) is 5.91 Å². The molecule has 0 unspecified atom stereocenters. The SMILES string of the molecule is Cc1cc(NC(=O)CNC2CCCC2)no1. The van der Waals surface area contributed by atoms with Crippen LogP contribution in [0.5, 0.6) is 0 Å². The topological polar surface area (TPSA) is 67.2 Å². The first kappa shape index (κ1) is 11.1. The van der Waals surface area contributed by atoms with E-state index in [0.29, 0.717) is 24.2 Å². The smallest absolute Gasteiger partial charge is 0.239 e. The van der Waals surface area contributed by atoms with Crippen molar-refractivity contribution >= 4 is 11.7 Å². The van der Waals surface area contributed by atoms with E-state index in [4.69, 9.17) is 4.52 Å². The fourth-order valence-corrected chi connectivity index (χ4v) is 1.98. The van der Waals surface area contributed by atoms with Crippen molar-refractivity contribution in [1.82, 2.24) is 10.5 Å². The Kier molecular flexibility index (Phi) is 3.56. The van der Waals surface area contributed by atoms with Crippen molar-refractivity contribution in [2.24, 2.45) is 0 Å². The molecular formula is C11H17N3O2. The van der Waals surface area contributed by atoms with Crippen molar-refractivity contribution in [2.75, 3.05) is 11.9 Å². The van der Waals surface area contributed by atoms with Crippen LogP contribution in [0.25, 0.3) is 0 Å². The highest BCUT2D eigenvalue weighted by Crippen LogP contribution is 2.17. The zero-order chi connectivity index (χ0) is 11.4. The number of rotatable bonds is 4. The average molecular weight is 223 g/mol. The van der Waals surface area contributed by atoms with E-state index in [1.807, 2.05) is 0 Å². The average Bonchev–Trinajstić information content (AvgIpc) is 2.87. The van der Waals surface area contributed by atoms with Crippen LogP contribution in [-0.4, -0.2) is 23.7 Å². The zero-order valence-corrected chi connectivity index (χ0v) is 9.45. The quantitative estimate of drug-likeness (QED) is 0.810. The maximum atomic E-state index is 11.5. The summed E-state index contributed by atoms with van der Waals surface area (Å²) in [6, 6.07) is 2.21. The highest BCUT2D eigenvalue weighted by atomic mass is 16.5. The van der Waals surface area contributed by atoms with Crippen LogP contribution in [0.3, 0.4) is 0 Å². The third-order valence-corrected chi connectivity index (χ3v) is 2.80. The molecule has 0 aliphatic heterocycles. The molecule has 1 heterocycles. The Morgan fingerprint density at radius 3 is 2.94 bits per heavy atom. The molecule has 1 aliphatic carbocycles. The van der Waals surface area contributed by atoms with Gasteiger partial charge in [0, 0.05) is 12.1 Å². The van der Waals surface area contributed by atoms with Crippen LogP contribution < -0.4 is 10.6 Å². The van der Waals surface area contributed by atoms with Crippen molar-refractivity contribution in [2.45, 2.75) is 38.6 Å². The highest BCUT2D eigenvalue weighted by molar-refractivity contribution is 5.91. The Morgan fingerprint density at radius 2 is 2.31 bits per heavy atom. The van der Waals surface area contributed by atoms with Crippen LogP contribution in [0.2, 0.25) is 0 Å². The van der Waals surface area contributed by atoms with E-state index in [-0.39, 0.29) is 5.91 Å². The predicted molar refractivity (Wildman–Crippen MR) is 60.1 cm³/mol. The molecule has 5 nitrogen and oxygen atoms in total. The molecule has 16 heavy (non-hydrogen) atoms. The Morgan fingerprint density at radius 1 is 1.56 bits per heavy atom. The monoisotopic (exact) mass is 223 g/mol. The maximum absolute atomic E-state index is 11.5. The fraction of sp³-hybridized carbons (Fsp3) is 0.636. The summed E-state index contributed by atoms with van der Waals surface area (Å²) in [4.78, 5) is 11.5. The lowest BCUT2D eigenvalue weighted by molar-refractivity contribution is -0.115. The first-order valence-electron chi connectivity index (χ1n) is 5.70. The number of anilines is 1. The summed E-state index contributed by atoms with van der Waals surface area (Å²) in [5, 5.41) is 9.62. The van der Waals surface area contributed by atoms with Crippen molar-refractivity contribution in [3.05, 3.63) is 11.8 Å². The van der Waals surface area contributed by atoms with E-state index in [2.05, 4.69) is 15.8 Å². The highest BCUT2D eigenvalue weighted by Gasteiger charge is 2.15. The van der Waals surface area contributed by atoms with E-state index >= 15 is 0 Å². The molecule has 2 N–H and O–H groups in total. The molecule has 1 fully saturated rings. The number of nitrogens with zero attached hydrogens (tertiary/aromatic N) is 1. The standard InChI is InChI=1S/C11H17N3O2/c1-8-6-10(14-16-8)13-11(15)7-12-9-4-2-3-5-9/h6,9,12H,2-5,7H2,1H3,(H,13,14,15). The molecule has 1 saturated carbocycles. The normalized spacial score (nSPS) is 16.6. The van der Waals surface area contributed by atoms with Crippen LogP contribution in [0.4, 0.5) is 5.82 Å². The third-order valence-electron chi connectivity index (χ3n) is 2.80. The van der Waals surface area contributed by atoms with E-state index in [9.17, 15) is 4.79 Å². The van der Waals surface area contributed by atoms with Crippen molar-refractivity contribution < 1.29 is 9.32 Å². The minimum Gasteiger partial charge on any atom is -0.360 e. The third kappa shape index (κ3) is 3.06. The maximum Gasteiger partial charge on any atom is 0.239 e. The lowest BCUT2D eigenvalue weighted by atomic mass is 10.2. The summed E-state index contributed by atoms with van der Waals surface area (Å²) in [7, 11) is 0. The molecule has 0 radical (unpaired) electrons. The molecule has 1 aromatic heterocycles. The van der Waals surface area contributed by atoms with Crippen LogP contribution >= 0.6 is 0 Å². The van der Waals surface area contributed by atoms with Gasteiger partial charge in [0.15, 0.2) is 5.82 Å². The Balaban J connectivity index is 1.71. The molecule has 0 saturated heterocycles. The number of carbonyl (C=O) groups excluding carboxylic acids is 1. The second-order valence-electron chi connectivity index (χ2n) is 4.23. The number of nitrogens with one attached hydrogen (secondary N) is 2. The van der Waals surface area contributed by atoms with Crippen LogP contribution in [-0.2, 0) is 4.79 Å². The van der Waals surface area contributed by atoms with Crippen molar-refractivity contribution in [3.8, 4) is 0 Å². The molecule has 1 aliphatic rings. The minimum absolute atomic E-state index is 0.0693. The molecule has 0 bridgehead atoms. The van der Waals surface area contributed by atoms with E-state index in [1.54, 1.807) is 13.0 Å². The van der Waals surface area contributed by atoms with Gasteiger partial charge < -0.3 is 15.2 Å². The lowest BCUT2D eigenvalue weighted by Gasteiger charge is -2.10. The van der Waals surface area contributed by atoms with Gasteiger partial charge >= 0.3 is 0 Å². The summed E-state index contributed by atoms with van der Waals surface area (Å²) in [6.07, 6.45) is 4.89. The van der Waals surface area contributed by atoms with Gasteiger partial charge in [-0.25, -0.2) is 0 Å². The first-order valence-corrected chi connectivity index (χ1v) is 5.70. The molecular weight excluding hydrogens is 206 g/mol. The molecule has 5 heteroatoms. The van der Waals surface area contributed by atoms with E-state index in [1.165, 1.54) is 25.7 Å². The van der Waals surface area contributed by atoms with Gasteiger partial charge in [-0.3, -0.25) is 4.79 Å². The van der Waals surface area contributed by atoms with Crippen LogP contribution in [0.1, 0.15) is 31.4 Å². The number of aromatic nitrogens is 1. The number of carbonyl (C=O) groups is 1. The largest absolute Gasteiger partial charge is 0.360 e. The van der Waals surface area contributed by atoms with Gasteiger partial charge in [-0.2, -0.15) is 0 Å². The van der Waals surface area contributed by atoms with Crippen LogP contribution in [0.15, 0.2) is 10.6 Å². The van der Waals surface area contributed by atoms with E-state index in [0.717, 1.165) is 0 Å².